The second-order valence-electron chi connectivity index (χ2n) is 5.04. The second kappa shape index (κ2) is 8.26. The smallest absolute Gasteiger partial charge is 0.387 e. The number of nitrogens with one attached hydrogen (secondary N) is 2. The third-order valence-corrected chi connectivity index (χ3v) is 3.48. The number of aliphatic hydroxyl groups excluding tert-OH is 1. The van der Waals surface area contributed by atoms with Gasteiger partial charge in [0, 0.05) is 17.8 Å². The number of halogens is 2. The van der Waals surface area contributed by atoms with Crippen molar-refractivity contribution in [3.63, 3.8) is 0 Å². The summed E-state index contributed by atoms with van der Waals surface area (Å²) in [7, 11) is 0. The molecule has 0 unspecified atom stereocenters. The molecule has 7 heteroatoms. The Morgan fingerprint density at radius 1 is 1.17 bits per heavy atom. The summed E-state index contributed by atoms with van der Waals surface area (Å²) in [6, 6.07) is 11.2. The Balaban J connectivity index is 2.00. The van der Waals surface area contributed by atoms with Gasteiger partial charge in [-0.05, 0) is 30.2 Å². The average Bonchev–Trinajstić information content (AvgIpc) is 2.56. The number of aliphatic hydroxyl groups is 1. The molecule has 0 saturated heterocycles. The van der Waals surface area contributed by atoms with Gasteiger partial charge < -0.3 is 20.5 Å². The van der Waals surface area contributed by atoms with Crippen molar-refractivity contribution in [2.75, 3.05) is 5.32 Å². The van der Waals surface area contributed by atoms with Crippen molar-refractivity contribution in [3.8, 4) is 5.75 Å². The van der Waals surface area contributed by atoms with Gasteiger partial charge in [0.15, 0.2) is 0 Å². The minimum absolute atomic E-state index is 0.00780. The SMILES string of the molecule is Cc1c(NC(=O)NCc2ccccc2CO)cccc1OC(F)F. The maximum Gasteiger partial charge on any atom is 0.387 e. The lowest BCUT2D eigenvalue weighted by Gasteiger charge is -2.14. The number of alkyl halides is 2. The summed E-state index contributed by atoms with van der Waals surface area (Å²) >= 11 is 0. The van der Waals surface area contributed by atoms with E-state index in [1.807, 2.05) is 6.07 Å². The molecule has 0 spiro atoms. The van der Waals surface area contributed by atoms with Crippen LogP contribution in [0.15, 0.2) is 42.5 Å². The molecular formula is C17H18F2N2O3. The van der Waals surface area contributed by atoms with Crippen LogP contribution < -0.4 is 15.4 Å². The molecule has 0 saturated carbocycles. The molecule has 128 valence electrons. The van der Waals surface area contributed by atoms with Crippen LogP contribution in [0.25, 0.3) is 0 Å². The van der Waals surface area contributed by atoms with E-state index in [9.17, 15) is 18.7 Å². The third kappa shape index (κ3) is 4.66. The number of carbonyl (C=O) groups excluding carboxylic acids is 1. The number of benzene rings is 2. The fraction of sp³-hybridized carbons (Fsp3) is 0.235. The van der Waals surface area contributed by atoms with E-state index in [1.54, 1.807) is 31.2 Å². The summed E-state index contributed by atoms with van der Waals surface area (Å²) < 4.78 is 29.1. The maximum absolute atomic E-state index is 12.3. The quantitative estimate of drug-likeness (QED) is 0.757. The van der Waals surface area contributed by atoms with Crippen LogP contribution in [-0.2, 0) is 13.2 Å². The lowest BCUT2D eigenvalue weighted by molar-refractivity contribution is -0.0502. The number of hydrogen-bond donors (Lipinski definition) is 3. The Morgan fingerprint density at radius 2 is 1.88 bits per heavy atom. The molecule has 3 N–H and O–H groups in total. The molecule has 0 aliphatic rings. The fourth-order valence-electron chi connectivity index (χ4n) is 2.20. The van der Waals surface area contributed by atoms with Crippen LogP contribution in [0.2, 0.25) is 0 Å². The Bertz CT molecular complexity index is 708. The minimum atomic E-state index is -2.93. The Labute approximate surface area is 138 Å². The first-order valence-electron chi connectivity index (χ1n) is 7.28. The zero-order valence-corrected chi connectivity index (χ0v) is 13.1. The molecule has 2 amide bonds. The average molecular weight is 336 g/mol. The molecule has 24 heavy (non-hydrogen) atoms. The molecule has 0 atom stereocenters. The molecule has 2 rings (SSSR count). The first kappa shape index (κ1) is 17.7. The minimum Gasteiger partial charge on any atom is -0.434 e. The highest BCUT2D eigenvalue weighted by molar-refractivity contribution is 5.90. The molecule has 5 nitrogen and oxygen atoms in total. The van der Waals surface area contributed by atoms with Gasteiger partial charge in [-0.3, -0.25) is 0 Å². The van der Waals surface area contributed by atoms with E-state index in [-0.39, 0.29) is 18.9 Å². The van der Waals surface area contributed by atoms with Gasteiger partial charge in [0.1, 0.15) is 5.75 Å². The van der Waals surface area contributed by atoms with E-state index < -0.39 is 12.6 Å². The molecule has 0 radical (unpaired) electrons. The van der Waals surface area contributed by atoms with Crippen LogP contribution in [0.3, 0.4) is 0 Å². The lowest BCUT2D eigenvalue weighted by atomic mass is 10.1. The standard InChI is InChI=1S/C17H18F2N2O3/c1-11-14(7-4-8-15(11)24-16(18)19)21-17(23)20-9-12-5-2-3-6-13(12)10-22/h2-8,16,22H,9-10H2,1H3,(H2,20,21,23). The Morgan fingerprint density at radius 3 is 2.54 bits per heavy atom. The van der Waals surface area contributed by atoms with Crippen LogP contribution in [0.1, 0.15) is 16.7 Å². The fourth-order valence-corrected chi connectivity index (χ4v) is 2.20. The Kier molecular flexibility index (Phi) is 6.08. The van der Waals surface area contributed by atoms with E-state index in [2.05, 4.69) is 15.4 Å². The van der Waals surface area contributed by atoms with Crippen molar-refractivity contribution in [2.45, 2.75) is 26.7 Å². The van der Waals surface area contributed by atoms with Crippen LogP contribution in [0, 0.1) is 6.92 Å². The third-order valence-electron chi connectivity index (χ3n) is 3.48. The first-order valence-corrected chi connectivity index (χ1v) is 7.28. The summed E-state index contributed by atoms with van der Waals surface area (Å²) in [6.45, 7) is -1.24. The topological polar surface area (TPSA) is 70.6 Å². The van der Waals surface area contributed by atoms with E-state index >= 15 is 0 Å². The highest BCUT2D eigenvalue weighted by Crippen LogP contribution is 2.26. The van der Waals surface area contributed by atoms with Gasteiger partial charge in [-0.1, -0.05) is 30.3 Å². The molecule has 0 aromatic heterocycles. The van der Waals surface area contributed by atoms with Crippen LogP contribution in [0.5, 0.6) is 5.75 Å². The summed E-state index contributed by atoms with van der Waals surface area (Å²) in [4.78, 5) is 12.0. The molecule has 0 fully saturated rings. The molecule has 0 aliphatic carbocycles. The van der Waals surface area contributed by atoms with Crippen molar-refractivity contribution in [2.24, 2.45) is 0 Å². The number of carbonyl (C=O) groups is 1. The highest BCUT2D eigenvalue weighted by Gasteiger charge is 2.12. The maximum atomic E-state index is 12.3. The van der Waals surface area contributed by atoms with Gasteiger partial charge in [-0.25, -0.2) is 4.79 Å². The monoisotopic (exact) mass is 336 g/mol. The highest BCUT2D eigenvalue weighted by atomic mass is 19.3. The summed E-state index contributed by atoms with van der Waals surface area (Å²) in [6.07, 6.45) is 0. The number of rotatable bonds is 6. The van der Waals surface area contributed by atoms with E-state index in [1.165, 1.54) is 12.1 Å². The van der Waals surface area contributed by atoms with Gasteiger partial charge in [0.25, 0.3) is 0 Å². The molecular weight excluding hydrogens is 318 g/mol. The van der Waals surface area contributed by atoms with Crippen molar-refractivity contribution in [1.29, 1.82) is 0 Å². The summed E-state index contributed by atoms with van der Waals surface area (Å²) in [5.74, 6) is 0.00780. The zero-order valence-electron chi connectivity index (χ0n) is 13.1. The number of urea groups is 1. The second-order valence-corrected chi connectivity index (χ2v) is 5.04. The lowest BCUT2D eigenvalue weighted by Crippen LogP contribution is -2.29. The summed E-state index contributed by atoms with van der Waals surface area (Å²) in [5.41, 5.74) is 2.30. The summed E-state index contributed by atoms with van der Waals surface area (Å²) in [5, 5.41) is 14.5. The largest absolute Gasteiger partial charge is 0.434 e. The number of hydrogen-bond acceptors (Lipinski definition) is 3. The molecule has 0 bridgehead atoms. The van der Waals surface area contributed by atoms with Gasteiger partial charge in [-0.2, -0.15) is 8.78 Å². The molecule has 2 aromatic rings. The van der Waals surface area contributed by atoms with Gasteiger partial charge in [-0.15, -0.1) is 0 Å². The van der Waals surface area contributed by atoms with E-state index in [0.717, 1.165) is 11.1 Å². The normalized spacial score (nSPS) is 10.5. The van der Waals surface area contributed by atoms with E-state index in [4.69, 9.17) is 0 Å². The van der Waals surface area contributed by atoms with Gasteiger partial charge in [0.05, 0.1) is 6.61 Å². The van der Waals surface area contributed by atoms with Crippen molar-refractivity contribution in [3.05, 3.63) is 59.2 Å². The number of ether oxygens (including phenoxy) is 1. The molecule has 0 aliphatic heterocycles. The number of anilines is 1. The van der Waals surface area contributed by atoms with Gasteiger partial charge >= 0.3 is 12.6 Å². The van der Waals surface area contributed by atoms with Crippen LogP contribution in [0.4, 0.5) is 19.3 Å². The van der Waals surface area contributed by atoms with Gasteiger partial charge in [0.2, 0.25) is 0 Å². The van der Waals surface area contributed by atoms with Crippen molar-refractivity contribution < 1.29 is 23.4 Å². The predicted molar refractivity (Wildman–Crippen MR) is 86.0 cm³/mol. The predicted octanol–water partition coefficient (Wildman–Crippen LogP) is 3.41. The first-order chi connectivity index (χ1) is 11.5. The molecule has 2 aromatic carbocycles. The molecule has 0 heterocycles. The number of amides is 2. The zero-order chi connectivity index (χ0) is 17.5. The Hall–Kier alpha value is -2.67. The van der Waals surface area contributed by atoms with Crippen molar-refractivity contribution in [1.82, 2.24) is 5.32 Å². The van der Waals surface area contributed by atoms with Crippen LogP contribution >= 0.6 is 0 Å². The van der Waals surface area contributed by atoms with E-state index in [0.29, 0.717) is 11.3 Å². The van der Waals surface area contributed by atoms with Crippen LogP contribution in [-0.4, -0.2) is 17.7 Å². The van der Waals surface area contributed by atoms with Crippen molar-refractivity contribution >= 4 is 11.7 Å².